The Kier molecular flexibility index (Phi) is 6.34. The first-order valence-electron chi connectivity index (χ1n) is 9.70. The molecule has 0 aliphatic heterocycles. The molecule has 2 aromatic carbocycles. The maximum Gasteiger partial charge on any atom is 0.516 e. The summed E-state index contributed by atoms with van der Waals surface area (Å²) in [7, 11) is 3.36. The van der Waals surface area contributed by atoms with Crippen molar-refractivity contribution in [3.63, 3.8) is 0 Å². The molecule has 6 heteroatoms. The van der Waals surface area contributed by atoms with Gasteiger partial charge >= 0.3 is 12.1 Å². The van der Waals surface area contributed by atoms with Crippen LogP contribution in [0.2, 0.25) is 0 Å². The summed E-state index contributed by atoms with van der Waals surface area (Å²) in [4.78, 5) is 28.9. The molecule has 3 aromatic rings. The maximum atomic E-state index is 13.1. The van der Waals surface area contributed by atoms with Crippen LogP contribution in [0.15, 0.2) is 60.8 Å². The lowest BCUT2D eigenvalue weighted by atomic mass is 10.0. The summed E-state index contributed by atoms with van der Waals surface area (Å²) in [6, 6.07) is 16.6. The highest BCUT2D eigenvalue weighted by molar-refractivity contribution is 5.84. The summed E-state index contributed by atoms with van der Waals surface area (Å²) in [5.41, 5.74) is 2.84. The number of likely N-dealkylation sites (N-methyl/N-ethyl adjacent to an activating group) is 1. The third kappa shape index (κ3) is 4.66. The van der Waals surface area contributed by atoms with E-state index in [9.17, 15) is 9.59 Å². The zero-order valence-electron chi connectivity index (χ0n) is 17.1. The van der Waals surface area contributed by atoms with Gasteiger partial charge in [-0.15, -0.1) is 0 Å². The van der Waals surface area contributed by atoms with Crippen LogP contribution in [-0.2, 0) is 27.3 Å². The molecular formula is C23H27N2O4+. The van der Waals surface area contributed by atoms with Gasteiger partial charge in [0, 0.05) is 23.5 Å². The molecule has 0 saturated heterocycles. The number of nitrogens with zero attached hydrogens (tertiary/aromatic N) is 1. The van der Waals surface area contributed by atoms with Crippen molar-refractivity contribution in [3.8, 4) is 0 Å². The zero-order chi connectivity index (χ0) is 20.9. The minimum absolute atomic E-state index is 0.160. The van der Waals surface area contributed by atoms with E-state index in [4.69, 9.17) is 9.47 Å². The van der Waals surface area contributed by atoms with Gasteiger partial charge in [-0.25, -0.2) is 9.28 Å². The van der Waals surface area contributed by atoms with E-state index in [1.54, 1.807) is 21.0 Å². The summed E-state index contributed by atoms with van der Waals surface area (Å²) in [6.45, 7) is 2.16. The van der Waals surface area contributed by atoms with E-state index in [0.717, 1.165) is 22.0 Å². The monoisotopic (exact) mass is 395 g/mol. The summed E-state index contributed by atoms with van der Waals surface area (Å²) >= 11 is 0. The Morgan fingerprint density at radius 3 is 2.41 bits per heavy atom. The topological polar surface area (TPSA) is 68.4 Å². The van der Waals surface area contributed by atoms with Crippen LogP contribution in [0.25, 0.3) is 10.9 Å². The van der Waals surface area contributed by atoms with Crippen molar-refractivity contribution < 1.29 is 23.5 Å². The first-order chi connectivity index (χ1) is 13.9. The first-order valence-corrected chi connectivity index (χ1v) is 9.70. The Hall–Kier alpha value is -3.12. The smallest absolute Gasteiger partial charge is 0.456 e. The molecular weight excluding hydrogens is 368 g/mol. The number of aromatic amines is 1. The average molecular weight is 395 g/mol. The minimum Gasteiger partial charge on any atom is -0.456 e. The molecule has 3 rings (SSSR count). The second-order valence-corrected chi connectivity index (χ2v) is 7.41. The number of aromatic nitrogens is 1. The molecule has 0 bridgehead atoms. The van der Waals surface area contributed by atoms with Crippen LogP contribution in [0.5, 0.6) is 0 Å². The predicted molar refractivity (Wildman–Crippen MR) is 111 cm³/mol. The fraction of sp³-hybridized carbons (Fsp3) is 0.304. The van der Waals surface area contributed by atoms with Crippen LogP contribution in [0.4, 0.5) is 4.79 Å². The van der Waals surface area contributed by atoms with Crippen LogP contribution < -0.4 is 0 Å². The molecule has 6 nitrogen and oxygen atoms in total. The van der Waals surface area contributed by atoms with Crippen molar-refractivity contribution in [3.05, 3.63) is 71.9 Å². The molecule has 1 amide bonds. The van der Waals surface area contributed by atoms with Crippen molar-refractivity contribution in [2.75, 3.05) is 20.7 Å². The molecule has 29 heavy (non-hydrogen) atoms. The lowest BCUT2D eigenvalue weighted by molar-refractivity contribution is -0.834. The number of hydrogen-bond acceptors (Lipinski definition) is 4. The average Bonchev–Trinajstić information content (AvgIpc) is 3.14. The number of benzene rings is 2. The standard InChI is InChI=1S/C23H27N2O4/c1-4-28-23(27)25(2,3)21(22(26)29-16-17-10-6-5-7-11-17)14-18-15-24-20-13-9-8-12-19(18)20/h5-13,15,21,24H,4,14,16H2,1-3H3/q+1. The summed E-state index contributed by atoms with van der Waals surface area (Å²) in [5.74, 6) is -0.433. The summed E-state index contributed by atoms with van der Waals surface area (Å²) in [5, 5.41) is 1.03. The molecule has 0 radical (unpaired) electrons. The van der Waals surface area contributed by atoms with Crippen molar-refractivity contribution in [2.24, 2.45) is 0 Å². The van der Waals surface area contributed by atoms with Gasteiger partial charge in [0.2, 0.25) is 6.04 Å². The lowest BCUT2D eigenvalue weighted by Gasteiger charge is -2.32. The molecule has 0 fully saturated rings. The second kappa shape index (κ2) is 8.92. The van der Waals surface area contributed by atoms with E-state index >= 15 is 0 Å². The summed E-state index contributed by atoms with van der Waals surface area (Å²) < 4.78 is 10.6. The molecule has 1 unspecified atom stereocenters. The van der Waals surface area contributed by atoms with E-state index in [1.807, 2.05) is 60.8 Å². The Balaban J connectivity index is 1.86. The third-order valence-corrected chi connectivity index (χ3v) is 5.10. The van der Waals surface area contributed by atoms with Gasteiger partial charge in [0.1, 0.15) is 6.61 Å². The molecule has 1 heterocycles. The number of para-hydroxylation sites is 1. The van der Waals surface area contributed by atoms with Crippen LogP contribution in [0.1, 0.15) is 18.1 Å². The van der Waals surface area contributed by atoms with E-state index in [1.165, 1.54) is 0 Å². The highest BCUT2D eigenvalue weighted by Crippen LogP contribution is 2.24. The number of amides is 1. The number of fused-ring (bicyclic) bond motifs is 1. The van der Waals surface area contributed by atoms with Crippen LogP contribution >= 0.6 is 0 Å². The van der Waals surface area contributed by atoms with Crippen molar-refractivity contribution in [2.45, 2.75) is 26.0 Å². The number of carbonyl (C=O) groups excluding carboxylic acids is 2. The number of nitrogens with one attached hydrogen (secondary N) is 1. The van der Waals surface area contributed by atoms with Crippen LogP contribution in [0.3, 0.4) is 0 Å². The highest BCUT2D eigenvalue weighted by atomic mass is 16.6. The maximum absolute atomic E-state index is 13.1. The number of hydrogen-bond donors (Lipinski definition) is 1. The molecule has 1 atom stereocenters. The zero-order valence-corrected chi connectivity index (χ0v) is 17.1. The Morgan fingerprint density at radius 1 is 1.00 bits per heavy atom. The predicted octanol–water partition coefficient (Wildman–Crippen LogP) is 4.06. The van der Waals surface area contributed by atoms with Gasteiger partial charge < -0.3 is 14.5 Å². The normalized spacial score (nSPS) is 12.5. The Bertz CT molecular complexity index is 979. The van der Waals surface area contributed by atoms with E-state index in [-0.39, 0.29) is 17.7 Å². The van der Waals surface area contributed by atoms with Crippen molar-refractivity contribution in [1.82, 2.24) is 4.98 Å². The first kappa shape index (κ1) is 20.6. The number of H-pyrrole nitrogens is 1. The fourth-order valence-corrected chi connectivity index (χ4v) is 3.33. The Labute approximate surface area is 170 Å². The molecule has 0 aliphatic rings. The van der Waals surface area contributed by atoms with Gasteiger partial charge in [-0.2, -0.15) is 4.79 Å². The lowest BCUT2D eigenvalue weighted by Crippen LogP contribution is -2.58. The largest absolute Gasteiger partial charge is 0.516 e. The minimum atomic E-state index is -0.739. The summed E-state index contributed by atoms with van der Waals surface area (Å²) in [6.07, 6.45) is 1.77. The molecule has 0 saturated carbocycles. The van der Waals surface area contributed by atoms with E-state index in [0.29, 0.717) is 6.42 Å². The van der Waals surface area contributed by atoms with Gasteiger partial charge in [-0.3, -0.25) is 0 Å². The third-order valence-electron chi connectivity index (χ3n) is 5.10. The number of esters is 1. The molecule has 1 N–H and O–H groups in total. The van der Waals surface area contributed by atoms with Crippen LogP contribution in [0, 0.1) is 0 Å². The number of rotatable bonds is 7. The van der Waals surface area contributed by atoms with Gasteiger partial charge in [0.25, 0.3) is 0 Å². The van der Waals surface area contributed by atoms with E-state index < -0.39 is 18.1 Å². The number of quaternary nitrogens is 1. The van der Waals surface area contributed by atoms with Gasteiger partial charge in [-0.1, -0.05) is 48.5 Å². The quantitative estimate of drug-likeness (QED) is 0.484. The van der Waals surface area contributed by atoms with Crippen molar-refractivity contribution >= 4 is 23.0 Å². The highest BCUT2D eigenvalue weighted by Gasteiger charge is 2.44. The van der Waals surface area contributed by atoms with Crippen LogP contribution in [-0.4, -0.2) is 48.3 Å². The number of ether oxygens (including phenoxy) is 2. The SMILES string of the molecule is CCOC(=O)[N+](C)(C)C(Cc1c[nH]c2ccccc12)C(=O)OCc1ccccc1. The van der Waals surface area contributed by atoms with Gasteiger partial charge in [0.05, 0.1) is 20.7 Å². The van der Waals surface area contributed by atoms with E-state index in [2.05, 4.69) is 4.98 Å². The van der Waals surface area contributed by atoms with Gasteiger partial charge in [-0.05, 0) is 24.1 Å². The Morgan fingerprint density at radius 2 is 1.69 bits per heavy atom. The molecule has 152 valence electrons. The number of carbonyl (C=O) groups is 2. The second-order valence-electron chi connectivity index (χ2n) is 7.41. The van der Waals surface area contributed by atoms with Crippen molar-refractivity contribution in [1.29, 1.82) is 0 Å². The fourth-order valence-electron chi connectivity index (χ4n) is 3.33. The van der Waals surface area contributed by atoms with Gasteiger partial charge in [0.15, 0.2) is 0 Å². The molecule has 0 aliphatic carbocycles. The molecule has 0 spiro atoms. The molecule has 1 aromatic heterocycles.